The van der Waals surface area contributed by atoms with E-state index < -0.39 is 53.3 Å². The molecule has 2 N–H and O–H groups in total. The monoisotopic (exact) mass is 409 g/mol. The molecular formula is C14H15BF3NO7S. The molecule has 148 valence electrons. The number of para-hydroxylation sites is 1. The third kappa shape index (κ3) is 6.13. The summed E-state index contributed by atoms with van der Waals surface area (Å²) in [6.07, 6.45) is -5.64. The minimum atomic E-state index is -4.70. The molecule has 1 aromatic carbocycles. The van der Waals surface area contributed by atoms with Gasteiger partial charge >= 0.3 is 19.3 Å². The van der Waals surface area contributed by atoms with Crippen LogP contribution in [-0.4, -0.2) is 56.7 Å². The van der Waals surface area contributed by atoms with Gasteiger partial charge in [0, 0.05) is 6.26 Å². The molecule has 1 aromatic rings. The molecule has 0 fully saturated rings. The predicted octanol–water partition coefficient (Wildman–Crippen LogP) is 0.237. The Kier molecular flexibility index (Phi) is 6.05. The van der Waals surface area contributed by atoms with E-state index in [9.17, 15) is 36.2 Å². The minimum absolute atomic E-state index is 0.0928. The van der Waals surface area contributed by atoms with Crippen LogP contribution in [0.25, 0.3) is 0 Å². The van der Waals surface area contributed by atoms with Gasteiger partial charge in [-0.3, -0.25) is 4.79 Å². The number of hydrogen-bond donors (Lipinski definition) is 2. The quantitative estimate of drug-likeness (QED) is 0.528. The Bertz CT molecular complexity index is 844. The van der Waals surface area contributed by atoms with E-state index in [1.165, 1.54) is 18.2 Å². The van der Waals surface area contributed by atoms with Gasteiger partial charge in [0.1, 0.15) is 17.7 Å². The third-order valence-corrected chi connectivity index (χ3v) is 4.00. The van der Waals surface area contributed by atoms with Crippen molar-refractivity contribution in [2.75, 3.05) is 12.2 Å². The standard InChI is InChI=1S/C14H15BF3NO7S/c1-27(23,24)7-25-13(21)9-4-2-3-8-5-10(15(22)26-12(8)9)19-11(20)6-14(16,17)18/h2-4,10,22H,5-7H2,1H3,(H,19,20)/t10-/m0/s1. The summed E-state index contributed by atoms with van der Waals surface area (Å²) in [4.78, 5) is 23.5. The van der Waals surface area contributed by atoms with E-state index in [1.807, 2.05) is 5.32 Å². The number of hydrogen-bond acceptors (Lipinski definition) is 7. The Morgan fingerprint density at radius 1 is 1.41 bits per heavy atom. The second-order valence-corrected chi connectivity index (χ2v) is 8.03. The highest BCUT2D eigenvalue weighted by molar-refractivity contribution is 7.90. The summed E-state index contributed by atoms with van der Waals surface area (Å²) in [6, 6.07) is 4.18. The van der Waals surface area contributed by atoms with E-state index in [-0.39, 0.29) is 17.7 Å². The van der Waals surface area contributed by atoms with Crippen molar-refractivity contribution in [3.8, 4) is 5.75 Å². The summed E-state index contributed by atoms with van der Waals surface area (Å²) in [5.41, 5.74) is 0.168. The summed E-state index contributed by atoms with van der Waals surface area (Å²) in [6.45, 7) is 0. The molecule has 1 amide bonds. The number of carbonyl (C=O) groups is 2. The van der Waals surface area contributed by atoms with E-state index in [4.69, 9.17) is 4.65 Å². The summed E-state index contributed by atoms with van der Waals surface area (Å²) in [7, 11) is -5.28. The second-order valence-electron chi connectivity index (χ2n) is 5.95. The highest BCUT2D eigenvalue weighted by Crippen LogP contribution is 2.31. The van der Waals surface area contributed by atoms with Gasteiger partial charge in [-0.2, -0.15) is 13.2 Å². The largest absolute Gasteiger partial charge is 0.547 e. The van der Waals surface area contributed by atoms with Crippen molar-refractivity contribution >= 4 is 28.8 Å². The first-order valence-electron chi connectivity index (χ1n) is 7.53. The number of esters is 1. The van der Waals surface area contributed by atoms with Gasteiger partial charge in [0.15, 0.2) is 15.8 Å². The van der Waals surface area contributed by atoms with Crippen LogP contribution in [0.1, 0.15) is 22.3 Å². The van der Waals surface area contributed by atoms with Gasteiger partial charge in [-0.05, 0) is 18.1 Å². The summed E-state index contributed by atoms with van der Waals surface area (Å²) in [5, 5.41) is 12.0. The van der Waals surface area contributed by atoms with Gasteiger partial charge in [-0.15, -0.1) is 0 Å². The van der Waals surface area contributed by atoms with Crippen molar-refractivity contribution < 1.29 is 45.6 Å². The molecule has 0 spiro atoms. The zero-order valence-corrected chi connectivity index (χ0v) is 14.8. The van der Waals surface area contributed by atoms with Crippen LogP contribution in [0.5, 0.6) is 5.75 Å². The summed E-state index contributed by atoms with van der Waals surface area (Å²) in [5.74, 6) is -4.44. The maximum atomic E-state index is 12.2. The summed E-state index contributed by atoms with van der Waals surface area (Å²) >= 11 is 0. The molecule has 8 nitrogen and oxygen atoms in total. The molecule has 0 aromatic heterocycles. The van der Waals surface area contributed by atoms with E-state index in [0.29, 0.717) is 5.56 Å². The lowest BCUT2D eigenvalue weighted by atomic mass is 9.72. The zero-order valence-electron chi connectivity index (χ0n) is 13.9. The van der Waals surface area contributed by atoms with Crippen LogP contribution < -0.4 is 9.97 Å². The number of rotatable bonds is 5. The maximum absolute atomic E-state index is 12.2. The van der Waals surface area contributed by atoms with Crippen molar-refractivity contribution in [1.82, 2.24) is 5.32 Å². The van der Waals surface area contributed by atoms with E-state index in [0.717, 1.165) is 6.26 Å². The van der Waals surface area contributed by atoms with Gasteiger partial charge in [0.25, 0.3) is 0 Å². The first-order chi connectivity index (χ1) is 12.4. The second kappa shape index (κ2) is 7.76. The number of ether oxygens (including phenoxy) is 1. The molecule has 1 heterocycles. The number of sulfone groups is 1. The first kappa shape index (κ1) is 21.0. The molecule has 1 aliphatic rings. The molecule has 27 heavy (non-hydrogen) atoms. The molecular weight excluding hydrogens is 394 g/mol. The molecule has 0 radical (unpaired) electrons. The van der Waals surface area contributed by atoms with Gasteiger partial charge < -0.3 is 19.7 Å². The van der Waals surface area contributed by atoms with Crippen LogP contribution in [0, 0.1) is 0 Å². The topological polar surface area (TPSA) is 119 Å². The number of fused-ring (bicyclic) bond motifs is 1. The fourth-order valence-corrected chi connectivity index (χ4v) is 2.71. The average Bonchev–Trinajstić information content (AvgIpc) is 2.50. The number of nitrogens with one attached hydrogen (secondary N) is 1. The Morgan fingerprint density at radius 3 is 2.67 bits per heavy atom. The molecule has 1 atom stereocenters. The molecule has 13 heteroatoms. The predicted molar refractivity (Wildman–Crippen MR) is 86.5 cm³/mol. The highest BCUT2D eigenvalue weighted by Gasteiger charge is 2.40. The number of halogens is 3. The Labute approximate surface area is 152 Å². The molecule has 0 unspecified atom stereocenters. The van der Waals surface area contributed by atoms with Crippen LogP contribution in [0.3, 0.4) is 0 Å². The molecule has 0 saturated carbocycles. The van der Waals surface area contributed by atoms with E-state index >= 15 is 0 Å². The van der Waals surface area contributed by atoms with Gasteiger partial charge in [-0.1, -0.05) is 12.1 Å². The Hall–Kier alpha value is -2.28. The normalized spacial score (nSPS) is 16.9. The maximum Gasteiger partial charge on any atom is 0.547 e. The van der Waals surface area contributed by atoms with Crippen LogP contribution in [0.2, 0.25) is 0 Å². The van der Waals surface area contributed by atoms with Crippen LogP contribution in [0.4, 0.5) is 13.2 Å². The van der Waals surface area contributed by atoms with E-state index in [2.05, 4.69) is 4.74 Å². The lowest BCUT2D eigenvalue weighted by Crippen LogP contribution is -2.53. The van der Waals surface area contributed by atoms with Gasteiger partial charge in [0.2, 0.25) is 5.91 Å². The molecule has 0 aliphatic carbocycles. The lowest BCUT2D eigenvalue weighted by molar-refractivity contribution is -0.154. The van der Waals surface area contributed by atoms with Crippen molar-refractivity contribution in [3.63, 3.8) is 0 Å². The van der Waals surface area contributed by atoms with Crippen molar-refractivity contribution in [1.29, 1.82) is 0 Å². The summed E-state index contributed by atoms with van der Waals surface area (Å²) < 4.78 is 68.7. The fraction of sp³-hybridized carbons (Fsp3) is 0.429. The molecule has 0 bridgehead atoms. The van der Waals surface area contributed by atoms with Crippen LogP contribution >= 0.6 is 0 Å². The lowest BCUT2D eigenvalue weighted by Gasteiger charge is -2.29. The highest BCUT2D eigenvalue weighted by atomic mass is 32.2. The third-order valence-electron chi connectivity index (χ3n) is 3.45. The molecule has 1 aliphatic heterocycles. The zero-order chi connectivity index (χ0) is 20.4. The van der Waals surface area contributed by atoms with Crippen molar-refractivity contribution in [2.45, 2.75) is 25.0 Å². The first-order valence-corrected chi connectivity index (χ1v) is 9.59. The smallest absolute Gasteiger partial charge is 0.534 e. The van der Waals surface area contributed by atoms with Crippen LogP contribution in [-0.2, 0) is 25.8 Å². The Balaban J connectivity index is 2.14. The number of amides is 1. The SMILES string of the molecule is CS(=O)(=O)COC(=O)c1cccc2c1OB(O)[C@@H](NC(=O)CC(F)(F)F)C2. The van der Waals surface area contributed by atoms with Crippen LogP contribution in [0.15, 0.2) is 18.2 Å². The number of alkyl halides is 3. The number of carbonyl (C=O) groups excluding carboxylic acids is 2. The Morgan fingerprint density at radius 2 is 2.07 bits per heavy atom. The number of benzene rings is 1. The fourth-order valence-electron chi connectivity index (χ4n) is 2.39. The van der Waals surface area contributed by atoms with Crippen molar-refractivity contribution in [3.05, 3.63) is 29.3 Å². The van der Waals surface area contributed by atoms with Gasteiger partial charge in [0.05, 0.1) is 5.94 Å². The molecule has 0 saturated heterocycles. The van der Waals surface area contributed by atoms with Gasteiger partial charge in [-0.25, -0.2) is 13.2 Å². The average molecular weight is 409 g/mol. The molecule has 2 rings (SSSR count). The van der Waals surface area contributed by atoms with E-state index in [1.54, 1.807) is 0 Å². The minimum Gasteiger partial charge on any atom is -0.534 e. The van der Waals surface area contributed by atoms with Crippen molar-refractivity contribution in [2.24, 2.45) is 0 Å².